The minimum Gasteiger partial charge on any atom is -0.337 e. The van der Waals surface area contributed by atoms with E-state index < -0.39 is 0 Å². The topological polar surface area (TPSA) is 50.2 Å². The number of carbonyl (C=O) groups is 1. The molecule has 5 nitrogen and oxygen atoms in total. The van der Waals surface area contributed by atoms with Crippen molar-refractivity contribution in [2.75, 3.05) is 19.6 Å². The fraction of sp³-hybridized carbons (Fsp3) is 0.360. The van der Waals surface area contributed by atoms with Gasteiger partial charge in [0.25, 0.3) is 0 Å². The van der Waals surface area contributed by atoms with Crippen molar-refractivity contribution in [3.63, 3.8) is 0 Å². The zero-order valence-corrected chi connectivity index (χ0v) is 19.5. The van der Waals surface area contributed by atoms with Gasteiger partial charge >= 0.3 is 0 Å². The number of fused-ring (bicyclic) bond motifs is 1. The fourth-order valence-electron chi connectivity index (χ4n) is 4.77. The molecule has 2 aliphatic heterocycles. The Kier molecular flexibility index (Phi) is 5.97. The van der Waals surface area contributed by atoms with E-state index in [0.29, 0.717) is 16.6 Å². The van der Waals surface area contributed by atoms with Crippen molar-refractivity contribution >= 4 is 45.6 Å². The number of halogens is 2. The molecule has 1 saturated heterocycles. The van der Waals surface area contributed by atoms with E-state index in [0.717, 1.165) is 48.8 Å². The minimum absolute atomic E-state index is 0.00293. The monoisotopic (exact) mass is 468 g/mol. The summed E-state index contributed by atoms with van der Waals surface area (Å²) < 4.78 is 2.01. The molecule has 0 bridgehead atoms. The van der Waals surface area contributed by atoms with E-state index in [4.69, 9.17) is 23.2 Å². The number of aromatic nitrogens is 2. The van der Waals surface area contributed by atoms with Crippen LogP contribution in [-0.2, 0) is 4.79 Å². The number of carbonyl (C=O) groups excluding carboxylic acids is 1. The standard InChI is InChI=1S/C25H26Cl2N4O/c1-16(21-7-6-20(26)14-22(21)27)31-24-13-18(4-5-19(24)15-29-31)17-8-11-30(12-9-17)25(32)23-3-2-10-28-23/h4-8,13-16,23,28H,2-3,9-12H2,1H3/t16-,23?/m1/s1. The van der Waals surface area contributed by atoms with Crippen LogP contribution >= 0.6 is 23.2 Å². The molecule has 3 heterocycles. The average Bonchev–Trinajstić information content (AvgIpc) is 3.48. The quantitative estimate of drug-likeness (QED) is 0.563. The summed E-state index contributed by atoms with van der Waals surface area (Å²) in [6.45, 7) is 4.46. The molecule has 32 heavy (non-hydrogen) atoms. The van der Waals surface area contributed by atoms with Crippen molar-refractivity contribution in [1.82, 2.24) is 20.0 Å². The summed E-state index contributed by atoms with van der Waals surface area (Å²) in [4.78, 5) is 14.7. The Morgan fingerprint density at radius 1 is 1.22 bits per heavy atom. The van der Waals surface area contributed by atoms with Crippen molar-refractivity contribution in [2.45, 2.75) is 38.3 Å². The largest absolute Gasteiger partial charge is 0.337 e. The van der Waals surface area contributed by atoms with Crippen molar-refractivity contribution in [2.24, 2.45) is 0 Å². The molecule has 0 radical (unpaired) electrons. The first-order chi connectivity index (χ1) is 15.5. The van der Waals surface area contributed by atoms with Gasteiger partial charge in [-0.05, 0) is 67.6 Å². The van der Waals surface area contributed by atoms with Crippen LogP contribution in [0.3, 0.4) is 0 Å². The van der Waals surface area contributed by atoms with Crippen molar-refractivity contribution < 1.29 is 4.79 Å². The Morgan fingerprint density at radius 3 is 2.81 bits per heavy atom. The highest BCUT2D eigenvalue weighted by molar-refractivity contribution is 6.35. The fourth-order valence-corrected chi connectivity index (χ4v) is 5.33. The molecule has 0 saturated carbocycles. The Bertz CT molecular complexity index is 1200. The second-order valence-corrected chi connectivity index (χ2v) is 9.46. The van der Waals surface area contributed by atoms with Crippen molar-refractivity contribution in [3.05, 3.63) is 69.8 Å². The highest BCUT2D eigenvalue weighted by Gasteiger charge is 2.28. The van der Waals surface area contributed by atoms with Gasteiger partial charge in [0, 0.05) is 28.5 Å². The third-order valence-corrected chi connectivity index (χ3v) is 7.19. The minimum atomic E-state index is -0.0279. The van der Waals surface area contributed by atoms with Gasteiger partial charge in [-0.25, -0.2) is 0 Å². The maximum Gasteiger partial charge on any atom is 0.239 e. The number of nitrogens with one attached hydrogen (secondary N) is 1. The summed E-state index contributed by atoms with van der Waals surface area (Å²) in [6, 6.07) is 12.0. The van der Waals surface area contributed by atoms with Crippen LogP contribution in [0.1, 0.15) is 43.4 Å². The summed E-state index contributed by atoms with van der Waals surface area (Å²) in [5.74, 6) is 0.236. The van der Waals surface area contributed by atoms with E-state index in [-0.39, 0.29) is 18.0 Å². The molecule has 0 spiro atoms. The number of rotatable bonds is 4. The summed E-state index contributed by atoms with van der Waals surface area (Å²) in [6.07, 6.45) is 6.97. The van der Waals surface area contributed by atoms with Crippen LogP contribution in [0.2, 0.25) is 10.0 Å². The average molecular weight is 469 g/mol. The molecule has 1 fully saturated rings. The van der Waals surface area contributed by atoms with E-state index in [1.54, 1.807) is 6.07 Å². The van der Waals surface area contributed by atoms with Gasteiger partial charge in [0.2, 0.25) is 5.91 Å². The Labute approximate surface area is 198 Å². The third-order valence-electron chi connectivity index (χ3n) is 6.63. The van der Waals surface area contributed by atoms with Gasteiger partial charge in [-0.15, -0.1) is 0 Å². The van der Waals surface area contributed by atoms with Gasteiger partial charge in [-0.1, -0.05) is 47.5 Å². The molecule has 5 rings (SSSR count). The number of hydrogen-bond acceptors (Lipinski definition) is 3. The van der Waals surface area contributed by atoms with Gasteiger partial charge in [0.15, 0.2) is 0 Å². The summed E-state index contributed by atoms with van der Waals surface area (Å²) in [7, 11) is 0. The van der Waals surface area contributed by atoms with Crippen LogP contribution < -0.4 is 5.32 Å². The number of hydrogen-bond donors (Lipinski definition) is 1. The Balaban J connectivity index is 1.40. The normalized spacial score (nSPS) is 19.9. The molecule has 1 unspecified atom stereocenters. The van der Waals surface area contributed by atoms with Crippen LogP contribution in [0.4, 0.5) is 0 Å². The van der Waals surface area contributed by atoms with E-state index in [1.165, 1.54) is 11.1 Å². The zero-order chi connectivity index (χ0) is 22.2. The van der Waals surface area contributed by atoms with Crippen LogP contribution in [-0.4, -0.2) is 46.3 Å². The smallest absolute Gasteiger partial charge is 0.239 e. The zero-order valence-electron chi connectivity index (χ0n) is 18.0. The van der Waals surface area contributed by atoms with Crippen molar-refractivity contribution in [1.29, 1.82) is 0 Å². The molecule has 2 aliphatic rings. The van der Waals surface area contributed by atoms with E-state index in [1.807, 2.05) is 27.9 Å². The predicted octanol–water partition coefficient (Wildman–Crippen LogP) is 5.32. The number of nitrogens with zero attached hydrogens (tertiary/aromatic N) is 3. The Morgan fingerprint density at radius 2 is 2.09 bits per heavy atom. The molecule has 0 aliphatic carbocycles. The maximum atomic E-state index is 12.7. The van der Waals surface area contributed by atoms with Gasteiger partial charge in [-0.2, -0.15) is 5.10 Å². The number of benzene rings is 2. The second kappa shape index (κ2) is 8.89. The van der Waals surface area contributed by atoms with Gasteiger partial charge < -0.3 is 10.2 Å². The number of amides is 1. The van der Waals surface area contributed by atoms with Gasteiger partial charge in [0.1, 0.15) is 0 Å². The molecule has 7 heteroatoms. The molecular weight excluding hydrogens is 443 g/mol. The molecule has 1 aromatic heterocycles. The molecule has 166 valence electrons. The van der Waals surface area contributed by atoms with E-state index in [2.05, 4.69) is 41.6 Å². The highest BCUT2D eigenvalue weighted by atomic mass is 35.5. The molecular formula is C25H26Cl2N4O. The second-order valence-electron chi connectivity index (χ2n) is 8.62. The molecule has 2 atom stereocenters. The first kappa shape index (κ1) is 21.5. The maximum absolute atomic E-state index is 12.7. The Hall–Kier alpha value is -2.34. The van der Waals surface area contributed by atoms with Crippen LogP contribution in [0.5, 0.6) is 0 Å². The van der Waals surface area contributed by atoms with Crippen LogP contribution in [0.15, 0.2) is 48.7 Å². The summed E-state index contributed by atoms with van der Waals surface area (Å²) >= 11 is 12.5. The summed E-state index contributed by atoms with van der Waals surface area (Å²) in [5.41, 5.74) is 4.51. The summed E-state index contributed by atoms with van der Waals surface area (Å²) in [5, 5.41) is 10.3. The first-order valence-electron chi connectivity index (χ1n) is 11.1. The lowest BCUT2D eigenvalue weighted by molar-refractivity contribution is -0.132. The first-order valence-corrected chi connectivity index (χ1v) is 11.9. The lowest BCUT2D eigenvalue weighted by Gasteiger charge is -2.29. The van der Waals surface area contributed by atoms with Crippen LogP contribution in [0, 0.1) is 0 Å². The highest BCUT2D eigenvalue weighted by Crippen LogP contribution is 2.32. The van der Waals surface area contributed by atoms with Gasteiger partial charge in [-0.3, -0.25) is 9.48 Å². The van der Waals surface area contributed by atoms with Crippen LogP contribution in [0.25, 0.3) is 16.5 Å². The molecule has 1 N–H and O–H groups in total. The van der Waals surface area contributed by atoms with Crippen molar-refractivity contribution in [3.8, 4) is 0 Å². The third kappa shape index (κ3) is 4.05. The SMILES string of the molecule is C[C@H](c1ccc(Cl)cc1Cl)n1ncc2ccc(C3=CCN(C(=O)C4CCCN4)CC3)cc21. The predicted molar refractivity (Wildman–Crippen MR) is 130 cm³/mol. The lowest BCUT2D eigenvalue weighted by atomic mass is 9.98. The van der Waals surface area contributed by atoms with Gasteiger partial charge in [0.05, 0.1) is 23.8 Å². The molecule has 1 amide bonds. The van der Waals surface area contributed by atoms with E-state index in [9.17, 15) is 4.79 Å². The molecule has 2 aromatic carbocycles. The molecule has 3 aromatic rings. The van der Waals surface area contributed by atoms with E-state index >= 15 is 0 Å². The lowest BCUT2D eigenvalue weighted by Crippen LogP contribution is -2.45.